The molecule has 3 N–H and O–H groups in total. The summed E-state index contributed by atoms with van der Waals surface area (Å²) < 4.78 is 23.6. The van der Waals surface area contributed by atoms with E-state index in [0.29, 0.717) is 22.7 Å². The first-order valence-electron chi connectivity index (χ1n) is 6.13. The highest BCUT2D eigenvalue weighted by atomic mass is 19.1. The van der Waals surface area contributed by atoms with Crippen LogP contribution in [0.15, 0.2) is 36.4 Å². The van der Waals surface area contributed by atoms with E-state index in [0.717, 1.165) is 6.07 Å². The largest absolute Gasteiger partial charge is 0.493 e. The van der Waals surface area contributed by atoms with Crippen LogP contribution in [-0.4, -0.2) is 20.1 Å². The summed E-state index contributed by atoms with van der Waals surface area (Å²) in [5, 5.41) is 2.58. The Morgan fingerprint density at radius 2 is 1.81 bits per heavy atom. The van der Waals surface area contributed by atoms with E-state index in [4.69, 9.17) is 15.2 Å². The minimum absolute atomic E-state index is 0.0270. The monoisotopic (exact) mass is 290 g/mol. The van der Waals surface area contributed by atoms with Crippen molar-refractivity contribution in [2.45, 2.75) is 0 Å². The van der Waals surface area contributed by atoms with E-state index in [1.54, 1.807) is 18.2 Å². The summed E-state index contributed by atoms with van der Waals surface area (Å²) in [5.74, 6) is -0.0125. The number of benzene rings is 2. The zero-order valence-electron chi connectivity index (χ0n) is 11.6. The maximum absolute atomic E-state index is 13.3. The standard InChI is InChI=1S/C15H15FN2O3/c1-20-13-6-3-9(7-14(13)21-2)15(19)18-10-4-5-12(17)11(16)8-10/h3-8H,17H2,1-2H3,(H,18,19). The Bertz CT molecular complexity index is 674. The molecule has 0 aliphatic carbocycles. The molecule has 0 saturated carbocycles. The van der Waals surface area contributed by atoms with Gasteiger partial charge in [0.1, 0.15) is 5.82 Å². The lowest BCUT2D eigenvalue weighted by atomic mass is 10.1. The summed E-state index contributed by atoms with van der Waals surface area (Å²) in [7, 11) is 2.99. The summed E-state index contributed by atoms with van der Waals surface area (Å²) in [4.78, 5) is 12.1. The van der Waals surface area contributed by atoms with Crippen molar-refractivity contribution < 1.29 is 18.7 Å². The lowest BCUT2D eigenvalue weighted by Crippen LogP contribution is -2.12. The highest BCUT2D eigenvalue weighted by molar-refractivity contribution is 6.04. The second-order valence-electron chi connectivity index (χ2n) is 4.26. The summed E-state index contributed by atoms with van der Waals surface area (Å²) in [6.07, 6.45) is 0. The van der Waals surface area contributed by atoms with Crippen molar-refractivity contribution in [3.05, 3.63) is 47.8 Å². The third-order valence-corrected chi connectivity index (χ3v) is 2.90. The maximum Gasteiger partial charge on any atom is 0.255 e. The Hall–Kier alpha value is -2.76. The van der Waals surface area contributed by atoms with Crippen molar-refractivity contribution in [3.63, 3.8) is 0 Å². The van der Waals surface area contributed by atoms with E-state index < -0.39 is 5.82 Å². The zero-order valence-corrected chi connectivity index (χ0v) is 11.6. The van der Waals surface area contributed by atoms with Crippen molar-refractivity contribution in [1.29, 1.82) is 0 Å². The molecule has 0 bridgehead atoms. The van der Waals surface area contributed by atoms with Gasteiger partial charge in [-0.2, -0.15) is 0 Å². The average Bonchev–Trinajstić information content (AvgIpc) is 2.50. The van der Waals surface area contributed by atoms with E-state index in [9.17, 15) is 9.18 Å². The second-order valence-corrected chi connectivity index (χ2v) is 4.26. The van der Waals surface area contributed by atoms with Crippen LogP contribution in [0.1, 0.15) is 10.4 Å². The van der Waals surface area contributed by atoms with Gasteiger partial charge in [-0.05, 0) is 36.4 Å². The molecule has 0 aliphatic rings. The number of halogens is 1. The number of anilines is 2. The van der Waals surface area contributed by atoms with Crippen LogP contribution in [-0.2, 0) is 0 Å². The number of hydrogen-bond acceptors (Lipinski definition) is 4. The molecule has 0 aromatic heterocycles. The minimum atomic E-state index is -0.583. The van der Waals surface area contributed by atoms with Crippen LogP contribution in [0, 0.1) is 5.82 Å². The summed E-state index contributed by atoms with van der Waals surface area (Å²) in [6.45, 7) is 0. The van der Waals surface area contributed by atoms with Crippen LogP contribution in [0.3, 0.4) is 0 Å². The summed E-state index contributed by atoms with van der Waals surface area (Å²) in [5.41, 5.74) is 6.10. The molecular weight excluding hydrogens is 275 g/mol. The van der Waals surface area contributed by atoms with Crippen LogP contribution >= 0.6 is 0 Å². The number of carbonyl (C=O) groups excluding carboxylic acids is 1. The molecule has 0 saturated heterocycles. The Labute approximate surface area is 121 Å². The molecule has 0 radical (unpaired) electrons. The third kappa shape index (κ3) is 3.22. The number of nitrogens with one attached hydrogen (secondary N) is 1. The number of carbonyl (C=O) groups is 1. The highest BCUT2D eigenvalue weighted by Crippen LogP contribution is 2.28. The number of ether oxygens (including phenoxy) is 2. The van der Waals surface area contributed by atoms with Crippen LogP contribution in [0.4, 0.5) is 15.8 Å². The third-order valence-electron chi connectivity index (χ3n) is 2.90. The Morgan fingerprint density at radius 3 is 2.43 bits per heavy atom. The van der Waals surface area contributed by atoms with Gasteiger partial charge in [0.25, 0.3) is 5.91 Å². The molecule has 0 fully saturated rings. The molecule has 5 nitrogen and oxygen atoms in total. The van der Waals surface area contributed by atoms with Gasteiger partial charge in [0.15, 0.2) is 11.5 Å². The smallest absolute Gasteiger partial charge is 0.255 e. The molecule has 2 rings (SSSR count). The normalized spacial score (nSPS) is 10.0. The lowest BCUT2D eigenvalue weighted by Gasteiger charge is -2.10. The zero-order chi connectivity index (χ0) is 15.4. The number of amides is 1. The molecule has 21 heavy (non-hydrogen) atoms. The fraction of sp³-hybridized carbons (Fsp3) is 0.133. The Morgan fingerprint density at radius 1 is 1.10 bits per heavy atom. The predicted molar refractivity (Wildman–Crippen MR) is 78.3 cm³/mol. The first kappa shape index (κ1) is 14.6. The quantitative estimate of drug-likeness (QED) is 0.849. The van der Waals surface area contributed by atoms with Crippen LogP contribution in [0.2, 0.25) is 0 Å². The SMILES string of the molecule is COc1ccc(C(=O)Nc2ccc(N)c(F)c2)cc1OC. The Kier molecular flexibility index (Phi) is 4.27. The molecule has 1 amide bonds. The molecule has 2 aromatic rings. The van der Waals surface area contributed by atoms with Gasteiger partial charge in [-0.3, -0.25) is 4.79 Å². The minimum Gasteiger partial charge on any atom is -0.493 e. The molecule has 0 heterocycles. The Balaban J connectivity index is 2.21. The topological polar surface area (TPSA) is 73.6 Å². The second kappa shape index (κ2) is 6.13. The van der Waals surface area contributed by atoms with Crippen LogP contribution in [0.25, 0.3) is 0 Å². The molecule has 2 aromatic carbocycles. The predicted octanol–water partition coefficient (Wildman–Crippen LogP) is 2.68. The van der Waals surface area contributed by atoms with Crippen molar-refractivity contribution in [2.75, 3.05) is 25.3 Å². The van der Waals surface area contributed by atoms with Crippen molar-refractivity contribution in [2.24, 2.45) is 0 Å². The molecule has 0 spiro atoms. The van der Waals surface area contributed by atoms with Gasteiger partial charge in [-0.15, -0.1) is 0 Å². The van der Waals surface area contributed by atoms with Crippen molar-refractivity contribution in [1.82, 2.24) is 0 Å². The van der Waals surface area contributed by atoms with Crippen LogP contribution < -0.4 is 20.5 Å². The van der Waals surface area contributed by atoms with E-state index in [1.165, 1.54) is 26.4 Å². The summed E-state index contributed by atoms with van der Waals surface area (Å²) in [6, 6.07) is 8.83. The maximum atomic E-state index is 13.3. The van der Waals surface area contributed by atoms with Crippen molar-refractivity contribution in [3.8, 4) is 11.5 Å². The molecule has 0 atom stereocenters. The van der Waals surface area contributed by atoms with Gasteiger partial charge in [-0.1, -0.05) is 0 Å². The van der Waals surface area contributed by atoms with Crippen LogP contribution in [0.5, 0.6) is 11.5 Å². The number of nitrogen functional groups attached to an aromatic ring is 1. The van der Waals surface area contributed by atoms with E-state index in [1.807, 2.05) is 0 Å². The van der Waals surface area contributed by atoms with Gasteiger partial charge in [0, 0.05) is 11.3 Å². The van der Waals surface area contributed by atoms with Gasteiger partial charge in [-0.25, -0.2) is 4.39 Å². The molecule has 6 heteroatoms. The number of methoxy groups -OCH3 is 2. The summed E-state index contributed by atoms with van der Waals surface area (Å²) >= 11 is 0. The van der Waals surface area contributed by atoms with Gasteiger partial charge < -0.3 is 20.5 Å². The molecule has 0 unspecified atom stereocenters. The van der Waals surface area contributed by atoms with Gasteiger partial charge in [0.05, 0.1) is 19.9 Å². The molecule has 110 valence electrons. The lowest BCUT2D eigenvalue weighted by molar-refractivity contribution is 0.102. The molecule has 0 aliphatic heterocycles. The first-order chi connectivity index (χ1) is 10.0. The first-order valence-corrected chi connectivity index (χ1v) is 6.13. The fourth-order valence-corrected chi connectivity index (χ4v) is 1.79. The van der Waals surface area contributed by atoms with Gasteiger partial charge in [0.2, 0.25) is 0 Å². The van der Waals surface area contributed by atoms with E-state index in [2.05, 4.69) is 5.32 Å². The fourth-order valence-electron chi connectivity index (χ4n) is 1.79. The number of nitrogens with two attached hydrogens (primary N) is 1. The number of hydrogen-bond donors (Lipinski definition) is 2. The highest BCUT2D eigenvalue weighted by Gasteiger charge is 2.11. The van der Waals surface area contributed by atoms with Crippen molar-refractivity contribution >= 4 is 17.3 Å². The molecular formula is C15H15FN2O3. The average molecular weight is 290 g/mol. The number of rotatable bonds is 4. The van der Waals surface area contributed by atoms with E-state index >= 15 is 0 Å². The van der Waals surface area contributed by atoms with Gasteiger partial charge >= 0.3 is 0 Å². The van der Waals surface area contributed by atoms with E-state index in [-0.39, 0.29) is 11.6 Å².